The summed E-state index contributed by atoms with van der Waals surface area (Å²) in [4.78, 5) is 10.8. The van der Waals surface area contributed by atoms with Crippen LogP contribution in [0, 0.1) is 5.82 Å². The highest BCUT2D eigenvalue weighted by molar-refractivity contribution is 5.70. The number of hydrogen-bond donors (Lipinski definition) is 1. The minimum absolute atomic E-state index is 0.0845. The fourth-order valence-electron chi connectivity index (χ4n) is 2.19. The van der Waals surface area contributed by atoms with Crippen molar-refractivity contribution in [3.8, 4) is 0 Å². The standard InChI is InChI=1S/C13H15FO3/c14-10-4-5-11(9(7-10)8-13(15)16)12-3-1-2-6-17-12/h4-5,7,12H,1-3,6,8H2,(H,15,16)/t12-/m0/s1. The van der Waals surface area contributed by atoms with Gasteiger partial charge in [0.15, 0.2) is 0 Å². The molecule has 1 saturated heterocycles. The topological polar surface area (TPSA) is 46.5 Å². The number of aliphatic carboxylic acids is 1. The van der Waals surface area contributed by atoms with Crippen LogP contribution in [0.3, 0.4) is 0 Å². The second-order valence-corrected chi connectivity index (χ2v) is 4.27. The lowest BCUT2D eigenvalue weighted by molar-refractivity contribution is -0.136. The quantitative estimate of drug-likeness (QED) is 0.880. The summed E-state index contributed by atoms with van der Waals surface area (Å²) < 4.78 is 18.7. The number of rotatable bonds is 3. The number of carboxylic acid groups (broad SMARTS) is 1. The predicted octanol–water partition coefficient (Wildman–Crippen LogP) is 2.69. The molecule has 0 amide bonds. The Labute approximate surface area is 99.2 Å². The molecule has 3 nitrogen and oxygen atoms in total. The van der Waals surface area contributed by atoms with Crippen LogP contribution in [-0.2, 0) is 16.0 Å². The summed E-state index contributed by atoms with van der Waals surface area (Å²) >= 11 is 0. The first-order valence-corrected chi connectivity index (χ1v) is 5.78. The first kappa shape index (κ1) is 12.0. The maximum absolute atomic E-state index is 13.1. The van der Waals surface area contributed by atoms with Gasteiger partial charge >= 0.3 is 5.97 Å². The average molecular weight is 238 g/mol. The summed E-state index contributed by atoms with van der Waals surface area (Å²) in [7, 11) is 0. The first-order valence-electron chi connectivity index (χ1n) is 5.78. The second-order valence-electron chi connectivity index (χ2n) is 4.27. The third kappa shape index (κ3) is 3.03. The molecule has 1 atom stereocenters. The molecule has 17 heavy (non-hydrogen) atoms. The van der Waals surface area contributed by atoms with Gasteiger partial charge in [-0.1, -0.05) is 6.07 Å². The van der Waals surface area contributed by atoms with Gasteiger partial charge in [0.05, 0.1) is 12.5 Å². The smallest absolute Gasteiger partial charge is 0.307 e. The van der Waals surface area contributed by atoms with Gasteiger partial charge in [-0.25, -0.2) is 4.39 Å². The lowest BCUT2D eigenvalue weighted by Crippen LogP contribution is -2.15. The summed E-state index contributed by atoms with van der Waals surface area (Å²) in [5, 5.41) is 8.82. The molecule has 1 aliphatic heterocycles. The van der Waals surface area contributed by atoms with Crippen molar-refractivity contribution in [1.82, 2.24) is 0 Å². The van der Waals surface area contributed by atoms with E-state index in [1.54, 1.807) is 6.07 Å². The molecule has 0 aromatic heterocycles. The highest BCUT2D eigenvalue weighted by atomic mass is 19.1. The van der Waals surface area contributed by atoms with Crippen LogP contribution in [0.15, 0.2) is 18.2 Å². The Balaban J connectivity index is 2.27. The number of carboxylic acids is 1. The van der Waals surface area contributed by atoms with E-state index in [0.29, 0.717) is 12.2 Å². The van der Waals surface area contributed by atoms with E-state index < -0.39 is 11.8 Å². The number of hydrogen-bond acceptors (Lipinski definition) is 2. The van der Waals surface area contributed by atoms with Gasteiger partial charge in [-0.2, -0.15) is 0 Å². The second kappa shape index (κ2) is 5.27. The number of halogens is 1. The van der Waals surface area contributed by atoms with Gasteiger partial charge < -0.3 is 9.84 Å². The van der Waals surface area contributed by atoms with Crippen molar-refractivity contribution < 1.29 is 19.0 Å². The van der Waals surface area contributed by atoms with E-state index in [1.165, 1.54) is 12.1 Å². The van der Waals surface area contributed by atoms with Crippen molar-refractivity contribution in [3.05, 3.63) is 35.1 Å². The molecular weight excluding hydrogens is 223 g/mol. The molecule has 0 saturated carbocycles. The summed E-state index contributed by atoms with van der Waals surface area (Å²) in [6.07, 6.45) is 2.73. The van der Waals surface area contributed by atoms with Crippen molar-refractivity contribution in [1.29, 1.82) is 0 Å². The molecule has 0 spiro atoms. The zero-order valence-electron chi connectivity index (χ0n) is 9.49. The lowest BCUT2D eigenvalue weighted by Gasteiger charge is -2.24. The largest absolute Gasteiger partial charge is 0.481 e. The van der Waals surface area contributed by atoms with E-state index in [1.807, 2.05) is 0 Å². The minimum atomic E-state index is -0.951. The van der Waals surface area contributed by atoms with E-state index in [0.717, 1.165) is 24.8 Å². The Morgan fingerprint density at radius 3 is 2.94 bits per heavy atom. The Bertz CT molecular complexity index is 411. The van der Waals surface area contributed by atoms with Crippen molar-refractivity contribution in [2.24, 2.45) is 0 Å². The number of benzene rings is 1. The van der Waals surface area contributed by atoms with E-state index in [-0.39, 0.29) is 12.5 Å². The molecule has 2 rings (SSSR count). The molecule has 0 aliphatic carbocycles. The Morgan fingerprint density at radius 1 is 1.47 bits per heavy atom. The zero-order chi connectivity index (χ0) is 12.3. The van der Waals surface area contributed by atoms with E-state index in [2.05, 4.69) is 0 Å². The van der Waals surface area contributed by atoms with Crippen LogP contribution in [0.4, 0.5) is 4.39 Å². The Kier molecular flexibility index (Phi) is 3.74. The number of carbonyl (C=O) groups is 1. The number of ether oxygens (including phenoxy) is 1. The Morgan fingerprint density at radius 2 is 2.29 bits per heavy atom. The van der Waals surface area contributed by atoms with Gasteiger partial charge in [0.25, 0.3) is 0 Å². The zero-order valence-corrected chi connectivity index (χ0v) is 9.49. The van der Waals surface area contributed by atoms with E-state index in [4.69, 9.17) is 9.84 Å². The maximum Gasteiger partial charge on any atom is 0.307 e. The van der Waals surface area contributed by atoms with Crippen molar-refractivity contribution in [2.75, 3.05) is 6.61 Å². The summed E-state index contributed by atoms with van der Waals surface area (Å²) in [6, 6.07) is 4.30. The first-order chi connectivity index (χ1) is 8.16. The van der Waals surface area contributed by atoms with Crippen molar-refractivity contribution >= 4 is 5.97 Å². The monoisotopic (exact) mass is 238 g/mol. The van der Waals surface area contributed by atoms with Crippen LogP contribution in [0.2, 0.25) is 0 Å². The third-order valence-corrected chi connectivity index (χ3v) is 2.97. The molecule has 1 aromatic carbocycles. The van der Waals surface area contributed by atoms with Crippen molar-refractivity contribution in [3.63, 3.8) is 0 Å². The lowest BCUT2D eigenvalue weighted by atomic mass is 9.95. The van der Waals surface area contributed by atoms with Crippen LogP contribution in [0.1, 0.15) is 36.5 Å². The van der Waals surface area contributed by atoms with Crippen LogP contribution in [0.5, 0.6) is 0 Å². The molecule has 0 bridgehead atoms. The highest BCUT2D eigenvalue weighted by Gasteiger charge is 2.20. The molecule has 1 heterocycles. The predicted molar refractivity (Wildman–Crippen MR) is 60.3 cm³/mol. The third-order valence-electron chi connectivity index (χ3n) is 2.97. The highest BCUT2D eigenvalue weighted by Crippen LogP contribution is 2.30. The van der Waals surface area contributed by atoms with Gasteiger partial charge in [0, 0.05) is 6.61 Å². The van der Waals surface area contributed by atoms with Gasteiger partial charge in [-0.3, -0.25) is 4.79 Å². The molecular formula is C13H15FO3. The molecule has 4 heteroatoms. The Hall–Kier alpha value is -1.42. The van der Waals surface area contributed by atoms with Crippen molar-refractivity contribution in [2.45, 2.75) is 31.8 Å². The summed E-state index contributed by atoms with van der Waals surface area (Å²) in [6.45, 7) is 0.689. The molecule has 92 valence electrons. The van der Waals surface area contributed by atoms with Gasteiger partial charge in [-0.05, 0) is 42.5 Å². The molecule has 0 radical (unpaired) electrons. The van der Waals surface area contributed by atoms with E-state index >= 15 is 0 Å². The fourth-order valence-corrected chi connectivity index (χ4v) is 2.19. The van der Waals surface area contributed by atoms with Gasteiger partial charge in [0.2, 0.25) is 0 Å². The SMILES string of the molecule is O=C(O)Cc1cc(F)ccc1[C@@H]1CCCCO1. The van der Waals surface area contributed by atoms with Crippen LogP contribution in [0.25, 0.3) is 0 Å². The molecule has 0 unspecified atom stereocenters. The van der Waals surface area contributed by atoms with E-state index in [9.17, 15) is 9.18 Å². The van der Waals surface area contributed by atoms with Crippen LogP contribution in [-0.4, -0.2) is 17.7 Å². The average Bonchev–Trinajstić information content (AvgIpc) is 2.29. The van der Waals surface area contributed by atoms with Gasteiger partial charge in [-0.15, -0.1) is 0 Å². The normalized spacial score (nSPS) is 20.2. The maximum atomic E-state index is 13.1. The fraction of sp³-hybridized carbons (Fsp3) is 0.462. The van der Waals surface area contributed by atoms with Crippen LogP contribution >= 0.6 is 0 Å². The minimum Gasteiger partial charge on any atom is -0.481 e. The molecule has 1 aromatic rings. The molecule has 1 aliphatic rings. The summed E-state index contributed by atoms with van der Waals surface area (Å²) in [5.74, 6) is -1.35. The van der Waals surface area contributed by atoms with Gasteiger partial charge in [0.1, 0.15) is 5.82 Å². The molecule has 1 N–H and O–H groups in total. The summed E-state index contributed by atoms with van der Waals surface area (Å²) in [5.41, 5.74) is 1.33. The van der Waals surface area contributed by atoms with Crippen LogP contribution < -0.4 is 0 Å². The molecule has 1 fully saturated rings.